The Bertz CT molecular complexity index is 1360. The second kappa shape index (κ2) is 16.1. The van der Waals surface area contributed by atoms with Crippen LogP contribution in [-0.4, -0.2) is 96.2 Å². The van der Waals surface area contributed by atoms with E-state index in [9.17, 15) is 4.79 Å². The van der Waals surface area contributed by atoms with Gasteiger partial charge in [0, 0.05) is 37.5 Å². The Hall–Kier alpha value is -3.32. The minimum Gasteiger partial charge on any atom is -0.453 e. The molecule has 0 spiro atoms. The summed E-state index contributed by atoms with van der Waals surface area (Å²) in [6.45, 7) is 6.57. The maximum absolute atomic E-state index is 12.7. The number of ether oxygens (including phenoxy) is 5. The van der Waals surface area contributed by atoms with Crippen LogP contribution in [0.1, 0.15) is 0 Å². The minimum absolute atomic E-state index is 0.0955. The van der Waals surface area contributed by atoms with Gasteiger partial charge in [-0.25, -0.2) is 4.98 Å². The van der Waals surface area contributed by atoms with Gasteiger partial charge in [0.05, 0.1) is 83.3 Å². The minimum atomic E-state index is -0.0955. The van der Waals surface area contributed by atoms with Crippen molar-refractivity contribution < 1.29 is 28.1 Å². The monoisotopic (exact) mass is 554 g/mol. The van der Waals surface area contributed by atoms with Crippen LogP contribution in [0, 0.1) is 0 Å². The number of aromatic nitrogens is 2. The summed E-state index contributed by atoms with van der Waals surface area (Å²) in [6.07, 6.45) is 1.59. The lowest BCUT2D eigenvalue weighted by Gasteiger charge is -2.19. The van der Waals surface area contributed by atoms with E-state index in [0.29, 0.717) is 94.9 Å². The molecular formula is C29H38N4O7. The van der Waals surface area contributed by atoms with Gasteiger partial charge < -0.3 is 43.7 Å². The van der Waals surface area contributed by atoms with Crippen LogP contribution in [0.25, 0.3) is 33.3 Å². The number of aromatic amines is 1. The third-order valence-electron chi connectivity index (χ3n) is 6.20. The molecule has 2 heterocycles. The van der Waals surface area contributed by atoms with Crippen LogP contribution < -0.4 is 16.1 Å². The SMILES string of the molecule is CN(CCOCCOCCOCCOCCOCCN)c1ccc(-c2cc(=O)c3ccc4[nH]cnc4c3o2)cc1. The number of nitrogens with one attached hydrogen (secondary N) is 1. The van der Waals surface area contributed by atoms with Gasteiger partial charge in [-0.3, -0.25) is 4.79 Å². The molecule has 0 fully saturated rings. The van der Waals surface area contributed by atoms with Gasteiger partial charge in [0.2, 0.25) is 0 Å². The van der Waals surface area contributed by atoms with E-state index in [1.165, 1.54) is 6.07 Å². The first-order valence-corrected chi connectivity index (χ1v) is 13.5. The van der Waals surface area contributed by atoms with Crippen molar-refractivity contribution >= 4 is 27.7 Å². The van der Waals surface area contributed by atoms with Crippen molar-refractivity contribution in [3.63, 3.8) is 0 Å². The number of likely N-dealkylation sites (N-methyl/N-ethyl adjacent to an activating group) is 1. The highest BCUT2D eigenvalue weighted by atomic mass is 16.6. The third-order valence-corrected chi connectivity index (χ3v) is 6.20. The van der Waals surface area contributed by atoms with E-state index < -0.39 is 0 Å². The van der Waals surface area contributed by atoms with E-state index in [1.807, 2.05) is 37.4 Å². The van der Waals surface area contributed by atoms with E-state index in [-0.39, 0.29) is 5.43 Å². The summed E-state index contributed by atoms with van der Waals surface area (Å²) >= 11 is 0. The van der Waals surface area contributed by atoms with E-state index in [2.05, 4.69) is 14.9 Å². The van der Waals surface area contributed by atoms with Crippen LogP contribution in [0.4, 0.5) is 5.69 Å². The zero-order valence-electron chi connectivity index (χ0n) is 22.9. The molecule has 0 unspecified atom stereocenters. The number of nitrogens with two attached hydrogens (primary N) is 1. The topological polar surface area (TPSA) is 134 Å². The van der Waals surface area contributed by atoms with Crippen LogP contribution in [0.3, 0.4) is 0 Å². The number of rotatable bonds is 19. The molecule has 0 saturated carbocycles. The molecule has 0 saturated heterocycles. The quantitative estimate of drug-likeness (QED) is 0.167. The third kappa shape index (κ3) is 8.59. The maximum atomic E-state index is 12.7. The summed E-state index contributed by atoms with van der Waals surface area (Å²) in [5, 5.41) is 0.514. The van der Waals surface area contributed by atoms with Crippen molar-refractivity contribution in [3.05, 3.63) is 59.0 Å². The summed E-state index contributed by atoms with van der Waals surface area (Å²) in [4.78, 5) is 22.2. The van der Waals surface area contributed by atoms with Crippen LogP contribution in [0.15, 0.2) is 58.0 Å². The molecule has 0 aliphatic heterocycles. The van der Waals surface area contributed by atoms with E-state index in [4.69, 9.17) is 33.8 Å². The molecule has 0 radical (unpaired) electrons. The molecule has 4 aromatic rings. The van der Waals surface area contributed by atoms with E-state index in [1.54, 1.807) is 12.4 Å². The predicted molar refractivity (Wildman–Crippen MR) is 154 cm³/mol. The van der Waals surface area contributed by atoms with Crippen LogP contribution in [0.2, 0.25) is 0 Å². The van der Waals surface area contributed by atoms with Crippen LogP contribution in [0.5, 0.6) is 0 Å². The van der Waals surface area contributed by atoms with Gasteiger partial charge in [-0.05, 0) is 36.4 Å². The summed E-state index contributed by atoms with van der Waals surface area (Å²) in [5.74, 6) is 0.508. The highest BCUT2D eigenvalue weighted by molar-refractivity contribution is 6.00. The predicted octanol–water partition coefficient (Wildman–Crippen LogP) is 2.81. The molecule has 2 aromatic heterocycles. The smallest absolute Gasteiger partial charge is 0.193 e. The molecule has 216 valence electrons. The molecule has 3 N–H and O–H groups in total. The number of benzene rings is 2. The van der Waals surface area contributed by atoms with Gasteiger partial charge in [-0.15, -0.1) is 0 Å². The number of H-pyrrole nitrogens is 1. The fraction of sp³-hybridized carbons (Fsp3) is 0.448. The summed E-state index contributed by atoms with van der Waals surface area (Å²) in [5.41, 5.74) is 9.06. The van der Waals surface area contributed by atoms with Crippen LogP contribution >= 0.6 is 0 Å². The Balaban J connectivity index is 1.10. The highest BCUT2D eigenvalue weighted by Crippen LogP contribution is 2.27. The molecule has 2 aromatic carbocycles. The van der Waals surface area contributed by atoms with Gasteiger partial charge in [-0.1, -0.05) is 0 Å². The molecule has 0 atom stereocenters. The molecule has 0 amide bonds. The zero-order chi connectivity index (χ0) is 28.0. The lowest BCUT2D eigenvalue weighted by molar-refractivity contribution is -0.0100. The van der Waals surface area contributed by atoms with Crippen molar-refractivity contribution in [3.8, 4) is 11.3 Å². The molecule has 11 nitrogen and oxygen atoms in total. The standard InChI is InChI=1S/C29H38N4O7/c1-33(9-11-36-13-15-38-17-19-39-18-16-37-14-12-35-10-8-30)23-4-2-22(3-5-23)27-20-26(34)24-6-7-25-28(29(24)40-27)32-21-31-25/h2-7,20-21H,8-19,30H2,1H3,(H,31,32). The Labute approximate surface area is 233 Å². The van der Waals surface area contributed by atoms with Crippen molar-refractivity contribution in [2.45, 2.75) is 0 Å². The number of fused-ring (bicyclic) bond motifs is 3. The molecule has 0 bridgehead atoms. The lowest BCUT2D eigenvalue weighted by Crippen LogP contribution is -2.23. The van der Waals surface area contributed by atoms with Gasteiger partial charge >= 0.3 is 0 Å². The van der Waals surface area contributed by atoms with Gasteiger partial charge in [0.1, 0.15) is 11.3 Å². The largest absolute Gasteiger partial charge is 0.453 e. The number of anilines is 1. The normalized spacial score (nSPS) is 11.6. The average Bonchev–Trinajstić information content (AvgIpc) is 3.46. The summed E-state index contributed by atoms with van der Waals surface area (Å²) in [6, 6.07) is 13.0. The number of hydrogen-bond donors (Lipinski definition) is 2. The summed E-state index contributed by atoms with van der Waals surface area (Å²) in [7, 11) is 2.01. The molecule has 11 heteroatoms. The highest BCUT2D eigenvalue weighted by Gasteiger charge is 2.12. The first-order chi connectivity index (χ1) is 19.7. The number of hydrogen-bond acceptors (Lipinski definition) is 10. The Morgan fingerprint density at radius 3 is 2.05 bits per heavy atom. The van der Waals surface area contributed by atoms with Gasteiger partial charge in [-0.2, -0.15) is 0 Å². The molecule has 40 heavy (non-hydrogen) atoms. The second-order valence-electron chi connectivity index (χ2n) is 9.03. The van der Waals surface area contributed by atoms with Crippen molar-refractivity contribution in [2.24, 2.45) is 5.73 Å². The summed E-state index contributed by atoms with van der Waals surface area (Å²) < 4.78 is 33.4. The zero-order valence-corrected chi connectivity index (χ0v) is 22.9. The fourth-order valence-corrected chi connectivity index (χ4v) is 4.03. The first kappa shape index (κ1) is 29.7. The maximum Gasteiger partial charge on any atom is 0.193 e. The average molecular weight is 555 g/mol. The van der Waals surface area contributed by atoms with Gasteiger partial charge in [0.25, 0.3) is 0 Å². The second-order valence-corrected chi connectivity index (χ2v) is 9.03. The van der Waals surface area contributed by atoms with Crippen molar-refractivity contribution in [1.29, 1.82) is 0 Å². The number of nitrogens with zero attached hydrogens (tertiary/aromatic N) is 2. The Kier molecular flexibility index (Phi) is 11.9. The van der Waals surface area contributed by atoms with Gasteiger partial charge in [0.15, 0.2) is 11.0 Å². The Morgan fingerprint density at radius 1 is 0.825 bits per heavy atom. The van der Waals surface area contributed by atoms with Crippen molar-refractivity contribution in [2.75, 3.05) is 91.1 Å². The van der Waals surface area contributed by atoms with E-state index in [0.717, 1.165) is 23.3 Å². The first-order valence-electron chi connectivity index (χ1n) is 13.5. The molecular weight excluding hydrogens is 516 g/mol. The molecule has 0 aliphatic rings. The lowest BCUT2D eigenvalue weighted by atomic mass is 10.1. The number of imidazole rings is 1. The Morgan fingerprint density at radius 2 is 1.43 bits per heavy atom. The van der Waals surface area contributed by atoms with Crippen LogP contribution in [-0.2, 0) is 23.7 Å². The fourth-order valence-electron chi connectivity index (χ4n) is 4.03. The van der Waals surface area contributed by atoms with Crippen molar-refractivity contribution in [1.82, 2.24) is 9.97 Å². The van der Waals surface area contributed by atoms with E-state index >= 15 is 0 Å². The molecule has 0 aliphatic carbocycles. The molecule has 4 rings (SSSR count).